The molecule has 0 fully saturated rings. The minimum Gasteiger partial charge on any atom is -0.493 e. The third kappa shape index (κ3) is 27.3. The van der Waals surface area contributed by atoms with Crippen LogP contribution in [-0.2, 0) is 38.5 Å². The standard InChI is InChI=1S/C106H158N8O2/c1-9-17-25-31-37-43-49-56-66-82-72-73-83(67-57-50-44-38-32-26-18-10-2)91-90(82)99-107-100(91)109-102-93-85(69-59-52-46-40-34-28-20-12-4)75-77-87(71-61-54-48-42-36-30-22-14-6)95(93)104(111-102)113-106-97-96(89(115-78-23-15-7)80-88(81-64-62-55-63-65-81)98(97)116-79-24-16-8)105(114-106)112-103-94-86(70-60-53-47-41-35-29-21-13-5)76-74-84(92(94)101(108-99)110-103)68-58-51-45-39-33-27-19-11-3/h55,62-65,72-77,80H,9-54,56-61,66-71,78-79H2,1-8H3,(H2,107,108,109,110,111,112,113,114). The number of fused-ring (bicyclic) bond motifs is 20. The molecule has 10 heteroatoms. The Kier molecular flexibility index (Phi) is 41.6. The van der Waals surface area contributed by atoms with Crippen molar-refractivity contribution < 1.29 is 9.47 Å². The molecule has 634 valence electrons. The second-order valence-electron chi connectivity index (χ2n) is 35.1. The highest BCUT2D eigenvalue weighted by molar-refractivity contribution is 6.15. The first-order valence-corrected chi connectivity index (χ1v) is 49.2. The lowest BCUT2D eigenvalue weighted by Gasteiger charge is -2.17. The van der Waals surface area contributed by atoms with E-state index in [1.165, 1.54) is 314 Å². The van der Waals surface area contributed by atoms with Gasteiger partial charge in [0.05, 0.1) is 24.0 Å². The average Bonchev–Trinajstić information content (AvgIpc) is 1.57. The summed E-state index contributed by atoms with van der Waals surface area (Å²) < 4.78 is 14.7. The van der Waals surface area contributed by atoms with Crippen molar-refractivity contribution in [1.82, 2.24) is 39.9 Å². The van der Waals surface area contributed by atoms with Crippen molar-refractivity contribution in [1.29, 1.82) is 0 Å². The largest absolute Gasteiger partial charge is 0.493 e. The number of aryl methyl sites for hydroxylation is 6. The van der Waals surface area contributed by atoms with Gasteiger partial charge in [0.1, 0.15) is 34.1 Å². The van der Waals surface area contributed by atoms with Gasteiger partial charge in [0, 0.05) is 38.6 Å². The maximum Gasteiger partial charge on any atom is 0.165 e. The number of aromatic amines is 2. The van der Waals surface area contributed by atoms with Crippen molar-refractivity contribution in [2.45, 2.75) is 428 Å². The summed E-state index contributed by atoms with van der Waals surface area (Å²) in [5, 5.41) is 4.12. The quantitative estimate of drug-likeness (QED) is 0.0361. The summed E-state index contributed by atoms with van der Waals surface area (Å²) in [6, 6.07) is 28.0. The molecule has 0 spiro atoms. The number of ether oxygens (including phenoxy) is 2. The molecule has 5 aromatic carbocycles. The summed E-state index contributed by atoms with van der Waals surface area (Å²) in [6.07, 6.45) is 70.2. The van der Waals surface area contributed by atoms with E-state index in [2.05, 4.69) is 138 Å². The van der Waals surface area contributed by atoms with Gasteiger partial charge in [0.25, 0.3) is 0 Å². The van der Waals surface area contributed by atoms with Gasteiger partial charge in [0.15, 0.2) is 23.3 Å². The van der Waals surface area contributed by atoms with Gasteiger partial charge in [-0.3, -0.25) is 0 Å². The molecule has 0 amide bonds. The van der Waals surface area contributed by atoms with Crippen molar-refractivity contribution in [2.24, 2.45) is 0 Å². The predicted molar refractivity (Wildman–Crippen MR) is 500 cm³/mol. The topological polar surface area (TPSA) is 127 Å². The van der Waals surface area contributed by atoms with Gasteiger partial charge in [-0.05, 0) is 135 Å². The van der Waals surface area contributed by atoms with E-state index in [-0.39, 0.29) is 0 Å². The van der Waals surface area contributed by atoms with E-state index in [1.54, 1.807) is 0 Å². The molecular weight excluding hydrogens is 1420 g/mol. The zero-order chi connectivity index (χ0) is 81.0. The molecule has 0 radical (unpaired) electrons. The molecule has 8 bridgehead atoms. The van der Waals surface area contributed by atoms with Crippen LogP contribution in [0, 0.1) is 0 Å². The van der Waals surface area contributed by atoms with Crippen LogP contribution in [0.4, 0.5) is 0 Å². The van der Waals surface area contributed by atoms with Crippen LogP contribution in [-0.4, -0.2) is 53.1 Å². The van der Waals surface area contributed by atoms with Crippen LogP contribution in [0.25, 0.3) is 101 Å². The molecule has 0 saturated carbocycles. The molecule has 5 heterocycles. The molecule has 10 rings (SSSR count). The van der Waals surface area contributed by atoms with Gasteiger partial charge in [-0.1, -0.05) is 405 Å². The molecule has 2 N–H and O–H groups in total. The Morgan fingerprint density at radius 3 is 0.784 bits per heavy atom. The fourth-order valence-electron chi connectivity index (χ4n) is 18.4. The van der Waals surface area contributed by atoms with Crippen LogP contribution < -0.4 is 9.47 Å². The second kappa shape index (κ2) is 52.9. The maximum atomic E-state index is 7.39. The van der Waals surface area contributed by atoms with E-state index in [1.807, 2.05) is 0 Å². The van der Waals surface area contributed by atoms with Crippen molar-refractivity contribution in [3.63, 3.8) is 0 Å². The van der Waals surface area contributed by atoms with E-state index in [0.29, 0.717) is 36.2 Å². The Labute approximate surface area is 704 Å². The van der Waals surface area contributed by atoms with E-state index in [0.717, 1.165) is 181 Å². The number of nitrogens with zero attached hydrogens (tertiary/aromatic N) is 6. The summed E-state index contributed by atoms with van der Waals surface area (Å²) in [6.45, 7) is 19.5. The number of benzene rings is 5. The van der Waals surface area contributed by atoms with Crippen molar-refractivity contribution in [3.05, 3.63) is 106 Å². The summed E-state index contributed by atoms with van der Waals surface area (Å²) in [7, 11) is 0. The first kappa shape index (κ1) is 91.4. The van der Waals surface area contributed by atoms with Gasteiger partial charge in [0.2, 0.25) is 0 Å². The SMILES string of the molecule is CCCCCCCCCCc1ccc(CCCCCCCCCC)c2c1-c1nc-2nc2[nH]c(nc3nc(nc4[nH]c(n1)c1c(CCCCCCCCCC)ccc(CCCCCCCCCC)c41)-c1c(CCCCCCCCCC)ccc(CCCCCCCCCC)c1-3)c1c(OCCCC)c(-c3ccccc3)cc(OCCCC)c21. The lowest BCUT2D eigenvalue weighted by atomic mass is 9.91. The molecule has 116 heavy (non-hydrogen) atoms. The van der Waals surface area contributed by atoms with Crippen molar-refractivity contribution in [3.8, 4) is 68.2 Å². The molecule has 0 saturated heterocycles. The molecule has 0 unspecified atom stereocenters. The third-order valence-corrected chi connectivity index (χ3v) is 25.4. The lowest BCUT2D eigenvalue weighted by Crippen LogP contribution is -2.02. The smallest absolute Gasteiger partial charge is 0.165 e. The van der Waals surface area contributed by atoms with Crippen molar-refractivity contribution in [2.75, 3.05) is 13.2 Å². The van der Waals surface area contributed by atoms with Gasteiger partial charge < -0.3 is 19.4 Å². The maximum absolute atomic E-state index is 7.39. The van der Waals surface area contributed by atoms with Gasteiger partial charge in [-0.2, -0.15) is 0 Å². The van der Waals surface area contributed by atoms with E-state index in [9.17, 15) is 0 Å². The first-order chi connectivity index (χ1) is 57.4. The highest BCUT2D eigenvalue weighted by Crippen LogP contribution is 2.49. The van der Waals surface area contributed by atoms with Gasteiger partial charge in [-0.25, -0.2) is 29.9 Å². The molecule has 3 aromatic heterocycles. The first-order valence-electron chi connectivity index (χ1n) is 49.2. The normalized spacial score (nSPS) is 12.0. The molecule has 2 aliphatic heterocycles. The zero-order valence-corrected chi connectivity index (χ0v) is 74.9. The predicted octanol–water partition coefficient (Wildman–Crippen LogP) is 33.0. The number of hydrogen-bond acceptors (Lipinski definition) is 8. The monoisotopic (exact) mass is 1580 g/mol. The Balaban J connectivity index is 1.32. The Bertz CT molecular complexity index is 4320. The summed E-state index contributed by atoms with van der Waals surface area (Å²) >= 11 is 0. The summed E-state index contributed by atoms with van der Waals surface area (Å²) in [4.78, 5) is 44.9. The lowest BCUT2D eigenvalue weighted by molar-refractivity contribution is 0.307. The number of nitrogens with one attached hydrogen (secondary N) is 2. The van der Waals surface area contributed by atoms with Gasteiger partial charge >= 0.3 is 0 Å². The molecule has 8 aromatic rings. The molecule has 0 atom stereocenters. The summed E-state index contributed by atoms with van der Waals surface area (Å²) in [5.41, 5.74) is 17.5. The van der Waals surface area contributed by atoms with Crippen LogP contribution in [0.2, 0.25) is 0 Å². The fraction of sp³-hybridized carbons (Fsp3) is 0.642. The molecule has 0 aliphatic carbocycles. The van der Waals surface area contributed by atoms with Crippen LogP contribution >= 0.6 is 0 Å². The molecule has 10 nitrogen and oxygen atoms in total. The highest BCUT2D eigenvalue weighted by Gasteiger charge is 2.32. The number of unbranched alkanes of at least 4 members (excludes halogenated alkanes) is 44. The summed E-state index contributed by atoms with van der Waals surface area (Å²) in [5.74, 6) is 4.41. The van der Waals surface area contributed by atoms with Crippen LogP contribution in [0.3, 0.4) is 0 Å². The minimum atomic E-state index is 0.543. The Morgan fingerprint density at radius 2 is 0.483 bits per heavy atom. The second-order valence-corrected chi connectivity index (χ2v) is 35.1. The molecular formula is C106H158N8O2. The third-order valence-electron chi connectivity index (χ3n) is 25.4. The number of H-pyrrole nitrogens is 2. The zero-order valence-electron chi connectivity index (χ0n) is 74.9. The van der Waals surface area contributed by atoms with Crippen molar-refractivity contribution >= 4 is 44.1 Å². The van der Waals surface area contributed by atoms with E-state index < -0.39 is 0 Å². The van der Waals surface area contributed by atoms with Gasteiger partial charge in [-0.15, -0.1) is 0 Å². The Morgan fingerprint density at radius 1 is 0.233 bits per heavy atom. The Hall–Kier alpha value is -6.94. The van der Waals surface area contributed by atoms with Crippen LogP contribution in [0.5, 0.6) is 11.5 Å². The van der Waals surface area contributed by atoms with E-state index in [4.69, 9.17) is 39.4 Å². The van der Waals surface area contributed by atoms with E-state index >= 15 is 0 Å². The number of aromatic nitrogens is 8. The van der Waals surface area contributed by atoms with Crippen LogP contribution in [0.1, 0.15) is 423 Å². The minimum absolute atomic E-state index is 0.543. The molecule has 2 aliphatic rings. The highest BCUT2D eigenvalue weighted by atomic mass is 16.5. The van der Waals surface area contributed by atoms with Crippen LogP contribution in [0.15, 0.2) is 72.8 Å². The average molecular weight is 1580 g/mol. The number of hydrogen-bond donors (Lipinski definition) is 2. The fourth-order valence-corrected chi connectivity index (χ4v) is 18.4. The number of rotatable bonds is 63.